The van der Waals surface area contributed by atoms with Crippen molar-refractivity contribution in [3.63, 3.8) is 0 Å². The molecule has 1 N–H and O–H groups in total. The lowest BCUT2D eigenvalue weighted by Gasteiger charge is -2.16. The van der Waals surface area contributed by atoms with Crippen LogP contribution in [0.3, 0.4) is 0 Å². The smallest absolute Gasteiger partial charge is 0.246 e. The molecule has 0 radical (unpaired) electrons. The molecule has 0 aliphatic carbocycles. The maximum atomic E-state index is 12.2. The van der Waals surface area contributed by atoms with E-state index in [9.17, 15) is 9.59 Å². The van der Waals surface area contributed by atoms with E-state index in [2.05, 4.69) is 5.32 Å². The molecule has 0 heterocycles. The first-order valence-electron chi connectivity index (χ1n) is 7.92. The first-order valence-corrected chi connectivity index (χ1v) is 8.30. The summed E-state index contributed by atoms with van der Waals surface area (Å²) in [4.78, 5) is 25.7. The van der Waals surface area contributed by atoms with Crippen molar-refractivity contribution in [3.05, 3.63) is 70.3 Å². The van der Waals surface area contributed by atoms with Crippen LogP contribution in [0.25, 0.3) is 6.08 Å². The van der Waals surface area contributed by atoms with Crippen LogP contribution in [0, 0.1) is 13.8 Å². The van der Waals surface area contributed by atoms with E-state index in [1.54, 1.807) is 19.2 Å². The summed E-state index contributed by atoms with van der Waals surface area (Å²) in [6.07, 6.45) is 3.05. The molecule has 2 amide bonds. The molecule has 0 unspecified atom stereocenters. The van der Waals surface area contributed by atoms with E-state index >= 15 is 0 Å². The van der Waals surface area contributed by atoms with Gasteiger partial charge in [0.15, 0.2) is 0 Å². The predicted octanol–water partition coefficient (Wildman–Crippen LogP) is 4.07. The Morgan fingerprint density at radius 1 is 1.08 bits per heavy atom. The van der Waals surface area contributed by atoms with Gasteiger partial charge in [0.25, 0.3) is 0 Å². The largest absolute Gasteiger partial charge is 0.333 e. The minimum Gasteiger partial charge on any atom is -0.333 e. The molecule has 0 fully saturated rings. The molecule has 0 aliphatic rings. The molecular weight excluding hydrogens is 336 g/mol. The highest BCUT2D eigenvalue weighted by Gasteiger charge is 2.12. The van der Waals surface area contributed by atoms with Gasteiger partial charge in [-0.1, -0.05) is 48.0 Å². The first kappa shape index (κ1) is 18.7. The lowest BCUT2D eigenvalue weighted by Crippen LogP contribution is -2.34. The zero-order valence-corrected chi connectivity index (χ0v) is 15.3. The van der Waals surface area contributed by atoms with Crippen molar-refractivity contribution in [3.8, 4) is 0 Å². The number of nitrogens with zero attached hydrogens (tertiary/aromatic N) is 1. The van der Waals surface area contributed by atoms with Crippen LogP contribution in [0.5, 0.6) is 0 Å². The molecule has 0 atom stereocenters. The molecule has 0 aromatic heterocycles. The molecule has 0 spiro atoms. The normalized spacial score (nSPS) is 10.7. The van der Waals surface area contributed by atoms with Crippen LogP contribution in [0.4, 0.5) is 5.69 Å². The van der Waals surface area contributed by atoms with Gasteiger partial charge < -0.3 is 10.2 Å². The summed E-state index contributed by atoms with van der Waals surface area (Å²) in [5, 5.41) is 3.44. The predicted molar refractivity (Wildman–Crippen MR) is 103 cm³/mol. The number of para-hydroxylation sites is 1. The minimum absolute atomic E-state index is 0.0283. The Morgan fingerprint density at radius 3 is 2.36 bits per heavy atom. The molecule has 2 aromatic rings. The maximum absolute atomic E-state index is 12.2. The quantitative estimate of drug-likeness (QED) is 0.821. The second-order valence-corrected chi connectivity index (χ2v) is 6.27. The number of benzene rings is 2. The van der Waals surface area contributed by atoms with Gasteiger partial charge in [0.05, 0.1) is 6.54 Å². The van der Waals surface area contributed by atoms with Crippen LogP contribution < -0.4 is 5.32 Å². The monoisotopic (exact) mass is 356 g/mol. The van der Waals surface area contributed by atoms with Gasteiger partial charge in [-0.3, -0.25) is 9.59 Å². The Kier molecular flexibility index (Phi) is 6.37. The summed E-state index contributed by atoms with van der Waals surface area (Å²) in [6, 6.07) is 13.1. The van der Waals surface area contributed by atoms with Crippen molar-refractivity contribution in [1.82, 2.24) is 4.90 Å². The van der Waals surface area contributed by atoms with E-state index in [1.165, 1.54) is 11.0 Å². The Bertz CT molecular complexity index is 795. The Morgan fingerprint density at radius 2 is 1.72 bits per heavy atom. The zero-order chi connectivity index (χ0) is 18.4. The van der Waals surface area contributed by atoms with Gasteiger partial charge in [-0.05, 0) is 42.7 Å². The van der Waals surface area contributed by atoms with Gasteiger partial charge in [-0.15, -0.1) is 0 Å². The number of rotatable bonds is 5. The van der Waals surface area contributed by atoms with Crippen molar-refractivity contribution in [2.24, 2.45) is 0 Å². The van der Waals surface area contributed by atoms with Crippen molar-refractivity contribution < 1.29 is 9.59 Å². The number of halogens is 1. The summed E-state index contributed by atoms with van der Waals surface area (Å²) >= 11 is 6.05. The summed E-state index contributed by atoms with van der Waals surface area (Å²) in [7, 11) is 1.59. The number of anilines is 1. The lowest BCUT2D eigenvalue weighted by atomic mass is 10.1. The number of amides is 2. The molecule has 4 nitrogen and oxygen atoms in total. The summed E-state index contributed by atoms with van der Waals surface area (Å²) in [5.41, 5.74) is 3.52. The minimum atomic E-state index is -0.267. The highest BCUT2D eigenvalue weighted by molar-refractivity contribution is 6.32. The number of carbonyl (C=O) groups is 2. The number of carbonyl (C=O) groups excluding carboxylic acids is 2. The molecule has 25 heavy (non-hydrogen) atoms. The average Bonchev–Trinajstić information content (AvgIpc) is 2.57. The van der Waals surface area contributed by atoms with Crippen LogP contribution in [-0.4, -0.2) is 30.3 Å². The first-order chi connectivity index (χ1) is 11.9. The number of likely N-dealkylation sites (N-methyl/N-ethyl adjacent to an activating group) is 1. The van der Waals surface area contributed by atoms with E-state index < -0.39 is 0 Å². The number of nitrogens with one attached hydrogen (secondary N) is 1. The Hall–Kier alpha value is -2.59. The molecule has 5 heteroatoms. The molecule has 130 valence electrons. The van der Waals surface area contributed by atoms with Gasteiger partial charge in [0, 0.05) is 23.8 Å². The standard InChI is InChI=1S/C20H21ClN2O2/c1-14-7-6-8-15(2)20(14)22-18(24)13-23(3)19(25)12-11-16-9-4-5-10-17(16)21/h4-12H,13H2,1-3H3,(H,22,24)/b12-11+. The van der Waals surface area contributed by atoms with Gasteiger partial charge in [0.2, 0.25) is 11.8 Å². The maximum Gasteiger partial charge on any atom is 0.246 e. The van der Waals surface area contributed by atoms with E-state index in [0.717, 1.165) is 22.4 Å². The third-order valence-corrected chi connectivity index (χ3v) is 4.16. The van der Waals surface area contributed by atoms with Crippen molar-refractivity contribution in [1.29, 1.82) is 0 Å². The molecule has 0 bridgehead atoms. The summed E-state index contributed by atoms with van der Waals surface area (Å²) < 4.78 is 0. The van der Waals surface area contributed by atoms with Crippen LogP contribution in [0.1, 0.15) is 16.7 Å². The van der Waals surface area contributed by atoms with Crippen molar-refractivity contribution in [2.75, 3.05) is 18.9 Å². The van der Waals surface area contributed by atoms with Gasteiger partial charge in [-0.2, -0.15) is 0 Å². The Labute approximate surface area is 153 Å². The lowest BCUT2D eigenvalue weighted by molar-refractivity contribution is -0.129. The third kappa shape index (κ3) is 5.19. The van der Waals surface area contributed by atoms with Crippen LogP contribution in [-0.2, 0) is 9.59 Å². The van der Waals surface area contributed by atoms with Gasteiger partial charge in [0.1, 0.15) is 0 Å². The van der Waals surface area contributed by atoms with E-state index in [1.807, 2.05) is 50.2 Å². The Balaban J connectivity index is 1.97. The van der Waals surface area contributed by atoms with Crippen molar-refractivity contribution >= 4 is 35.2 Å². The van der Waals surface area contributed by atoms with Crippen LogP contribution >= 0.6 is 11.6 Å². The van der Waals surface area contributed by atoms with Gasteiger partial charge in [-0.25, -0.2) is 0 Å². The average molecular weight is 357 g/mol. The molecule has 0 aliphatic heterocycles. The number of hydrogen-bond acceptors (Lipinski definition) is 2. The summed E-state index contributed by atoms with van der Waals surface area (Å²) in [5.74, 6) is -0.504. The van der Waals surface area contributed by atoms with Gasteiger partial charge >= 0.3 is 0 Å². The highest BCUT2D eigenvalue weighted by atomic mass is 35.5. The van der Waals surface area contributed by atoms with Crippen LogP contribution in [0.15, 0.2) is 48.5 Å². The fraction of sp³-hybridized carbons (Fsp3) is 0.200. The molecule has 2 aromatic carbocycles. The zero-order valence-electron chi connectivity index (χ0n) is 14.5. The second kappa shape index (κ2) is 8.49. The topological polar surface area (TPSA) is 49.4 Å². The van der Waals surface area contributed by atoms with E-state index in [4.69, 9.17) is 11.6 Å². The molecule has 0 saturated carbocycles. The number of hydrogen-bond donors (Lipinski definition) is 1. The molecular formula is C20H21ClN2O2. The van der Waals surface area contributed by atoms with E-state index in [0.29, 0.717) is 5.02 Å². The fourth-order valence-electron chi connectivity index (χ4n) is 2.38. The van der Waals surface area contributed by atoms with Crippen LogP contribution in [0.2, 0.25) is 5.02 Å². The third-order valence-electron chi connectivity index (χ3n) is 3.81. The highest BCUT2D eigenvalue weighted by Crippen LogP contribution is 2.19. The number of aryl methyl sites for hydroxylation is 2. The molecule has 0 saturated heterocycles. The fourth-order valence-corrected chi connectivity index (χ4v) is 2.58. The van der Waals surface area contributed by atoms with Crippen molar-refractivity contribution in [2.45, 2.75) is 13.8 Å². The SMILES string of the molecule is Cc1cccc(C)c1NC(=O)CN(C)C(=O)/C=C/c1ccccc1Cl. The molecule has 2 rings (SSSR count). The second-order valence-electron chi connectivity index (χ2n) is 5.86. The summed E-state index contributed by atoms with van der Waals surface area (Å²) in [6.45, 7) is 3.84. The van der Waals surface area contributed by atoms with E-state index in [-0.39, 0.29) is 18.4 Å².